The molecule has 120 valence electrons. The van der Waals surface area contributed by atoms with Crippen LogP contribution in [0.1, 0.15) is 29.3 Å². The molecule has 1 atom stereocenters. The Labute approximate surface area is 129 Å². The molecule has 0 unspecified atom stereocenters. The zero-order valence-electron chi connectivity index (χ0n) is 12.4. The van der Waals surface area contributed by atoms with Gasteiger partial charge in [-0.1, -0.05) is 0 Å². The van der Waals surface area contributed by atoms with Crippen LogP contribution in [0.2, 0.25) is 0 Å². The van der Waals surface area contributed by atoms with Crippen LogP contribution >= 0.6 is 0 Å². The lowest BCUT2D eigenvalue weighted by molar-refractivity contribution is -0.138. The van der Waals surface area contributed by atoms with E-state index in [2.05, 4.69) is 5.32 Å². The number of carbonyl (C=O) groups excluding carboxylic acids is 1. The van der Waals surface area contributed by atoms with Crippen molar-refractivity contribution in [3.8, 4) is 0 Å². The van der Waals surface area contributed by atoms with E-state index in [9.17, 15) is 18.0 Å². The minimum absolute atomic E-state index is 0.321. The summed E-state index contributed by atoms with van der Waals surface area (Å²) < 4.78 is 24.9. The molecule has 1 aromatic rings. The fourth-order valence-electron chi connectivity index (χ4n) is 2.39. The summed E-state index contributed by atoms with van der Waals surface area (Å²) in [4.78, 5) is 22.8. The highest BCUT2D eigenvalue weighted by Crippen LogP contribution is 2.29. The topological polar surface area (TPSA) is 104 Å². The number of hydrogen-bond acceptors (Lipinski definition) is 4. The van der Waals surface area contributed by atoms with Crippen molar-refractivity contribution < 1.29 is 23.1 Å². The van der Waals surface area contributed by atoms with Crippen molar-refractivity contribution in [2.24, 2.45) is 0 Å². The van der Waals surface area contributed by atoms with Crippen LogP contribution in [0.3, 0.4) is 0 Å². The summed E-state index contributed by atoms with van der Waals surface area (Å²) in [6, 6.07) is 3.73. The number of carbonyl (C=O) groups is 2. The third-order valence-corrected chi connectivity index (χ3v) is 4.72. The molecule has 0 aromatic heterocycles. The highest BCUT2D eigenvalue weighted by atomic mass is 32.2. The van der Waals surface area contributed by atoms with Gasteiger partial charge in [0.05, 0.1) is 11.9 Å². The lowest BCUT2D eigenvalue weighted by Crippen LogP contribution is -2.38. The lowest BCUT2D eigenvalue weighted by atomic mass is 10.0. The SMILES string of the molecule is C[C@H](NC(=O)c1ccc2c(c1)CCCN2S(C)(=O)=O)C(=O)O. The molecule has 1 aliphatic heterocycles. The van der Waals surface area contributed by atoms with Gasteiger partial charge < -0.3 is 10.4 Å². The van der Waals surface area contributed by atoms with E-state index in [1.807, 2.05) is 0 Å². The number of fused-ring (bicyclic) bond motifs is 1. The Morgan fingerprint density at radius 3 is 2.64 bits per heavy atom. The molecule has 1 aliphatic rings. The average Bonchev–Trinajstić information content (AvgIpc) is 2.44. The number of nitrogens with zero attached hydrogens (tertiary/aromatic N) is 1. The van der Waals surface area contributed by atoms with Crippen LogP contribution in [0.15, 0.2) is 18.2 Å². The van der Waals surface area contributed by atoms with Crippen molar-refractivity contribution in [3.05, 3.63) is 29.3 Å². The number of aryl methyl sites for hydroxylation is 1. The van der Waals surface area contributed by atoms with Crippen LogP contribution in [0.4, 0.5) is 5.69 Å². The van der Waals surface area contributed by atoms with Gasteiger partial charge in [-0.3, -0.25) is 13.9 Å². The van der Waals surface area contributed by atoms with E-state index in [1.54, 1.807) is 12.1 Å². The molecule has 1 amide bonds. The van der Waals surface area contributed by atoms with E-state index < -0.39 is 27.9 Å². The molecule has 0 saturated heterocycles. The Morgan fingerprint density at radius 1 is 1.36 bits per heavy atom. The first-order valence-corrected chi connectivity index (χ1v) is 8.69. The Morgan fingerprint density at radius 2 is 2.05 bits per heavy atom. The molecule has 8 heteroatoms. The summed E-state index contributed by atoms with van der Waals surface area (Å²) >= 11 is 0. The zero-order chi connectivity index (χ0) is 16.5. The molecule has 0 saturated carbocycles. The van der Waals surface area contributed by atoms with Gasteiger partial charge in [0.2, 0.25) is 10.0 Å². The second-order valence-electron chi connectivity index (χ2n) is 5.32. The summed E-state index contributed by atoms with van der Waals surface area (Å²) in [5, 5.41) is 11.2. The standard InChI is InChI=1S/C14H18N2O5S/c1-9(14(18)19)15-13(17)11-5-6-12-10(8-11)4-3-7-16(12)22(2,20)21/h5-6,8-9H,3-4,7H2,1-2H3,(H,15,17)(H,18,19)/t9-/m0/s1. The molecule has 1 heterocycles. The predicted molar refractivity (Wildman–Crippen MR) is 81.5 cm³/mol. The maximum Gasteiger partial charge on any atom is 0.325 e. The van der Waals surface area contributed by atoms with E-state index in [4.69, 9.17) is 5.11 Å². The number of aliphatic carboxylic acids is 1. The van der Waals surface area contributed by atoms with Crippen LogP contribution in [0.5, 0.6) is 0 Å². The molecule has 0 fully saturated rings. The van der Waals surface area contributed by atoms with Gasteiger partial charge in [-0.2, -0.15) is 0 Å². The van der Waals surface area contributed by atoms with Gasteiger partial charge >= 0.3 is 5.97 Å². The third kappa shape index (κ3) is 3.38. The number of benzene rings is 1. The molecular formula is C14H18N2O5S. The first-order chi connectivity index (χ1) is 10.2. The molecular weight excluding hydrogens is 308 g/mol. The summed E-state index contributed by atoms with van der Waals surface area (Å²) in [5.74, 6) is -1.61. The van der Waals surface area contributed by atoms with Crippen molar-refractivity contribution in [2.75, 3.05) is 17.1 Å². The van der Waals surface area contributed by atoms with Gasteiger partial charge in [0, 0.05) is 12.1 Å². The molecule has 1 aromatic carbocycles. The van der Waals surface area contributed by atoms with E-state index in [0.717, 1.165) is 11.8 Å². The Balaban J connectivity index is 2.29. The monoisotopic (exact) mass is 326 g/mol. The van der Waals surface area contributed by atoms with Crippen LogP contribution in [-0.4, -0.2) is 44.2 Å². The van der Waals surface area contributed by atoms with E-state index >= 15 is 0 Å². The van der Waals surface area contributed by atoms with E-state index in [1.165, 1.54) is 17.3 Å². The quantitative estimate of drug-likeness (QED) is 0.843. The number of carboxylic acids is 1. The molecule has 0 radical (unpaired) electrons. The number of anilines is 1. The average molecular weight is 326 g/mol. The first kappa shape index (κ1) is 16.3. The molecule has 0 aliphatic carbocycles. The van der Waals surface area contributed by atoms with Gasteiger partial charge in [0.25, 0.3) is 5.91 Å². The van der Waals surface area contributed by atoms with Crippen LogP contribution < -0.4 is 9.62 Å². The number of nitrogens with one attached hydrogen (secondary N) is 1. The largest absolute Gasteiger partial charge is 0.480 e. The Kier molecular flexibility index (Phi) is 4.41. The minimum Gasteiger partial charge on any atom is -0.480 e. The number of hydrogen-bond donors (Lipinski definition) is 2. The van der Waals surface area contributed by atoms with Crippen LogP contribution in [-0.2, 0) is 21.2 Å². The minimum atomic E-state index is -3.35. The van der Waals surface area contributed by atoms with Crippen molar-refractivity contribution in [1.82, 2.24) is 5.32 Å². The molecule has 0 bridgehead atoms. The highest BCUT2D eigenvalue weighted by Gasteiger charge is 2.25. The van der Waals surface area contributed by atoms with Gasteiger partial charge in [-0.25, -0.2) is 8.42 Å². The number of rotatable bonds is 4. The summed E-state index contributed by atoms with van der Waals surface area (Å²) in [7, 11) is -3.35. The van der Waals surface area contributed by atoms with E-state index in [-0.39, 0.29) is 0 Å². The lowest BCUT2D eigenvalue weighted by Gasteiger charge is -2.29. The van der Waals surface area contributed by atoms with Crippen molar-refractivity contribution in [1.29, 1.82) is 0 Å². The fourth-order valence-corrected chi connectivity index (χ4v) is 3.39. The second-order valence-corrected chi connectivity index (χ2v) is 7.22. The normalized spacial score (nSPS) is 15.8. The van der Waals surface area contributed by atoms with Crippen LogP contribution in [0.25, 0.3) is 0 Å². The van der Waals surface area contributed by atoms with Crippen molar-refractivity contribution in [3.63, 3.8) is 0 Å². The fraction of sp³-hybridized carbons (Fsp3) is 0.429. The maximum atomic E-state index is 12.0. The Bertz CT molecular complexity index is 714. The third-order valence-electron chi connectivity index (χ3n) is 3.54. The molecule has 0 spiro atoms. The number of carboxylic acid groups (broad SMARTS) is 1. The number of amides is 1. The first-order valence-electron chi connectivity index (χ1n) is 6.84. The summed E-state index contributed by atoms with van der Waals surface area (Å²) in [5.41, 5.74) is 1.67. The predicted octanol–water partition coefficient (Wildman–Crippen LogP) is 0.602. The summed E-state index contributed by atoms with van der Waals surface area (Å²) in [6.07, 6.45) is 2.50. The molecule has 22 heavy (non-hydrogen) atoms. The molecule has 7 nitrogen and oxygen atoms in total. The number of sulfonamides is 1. The Hall–Kier alpha value is -2.09. The van der Waals surface area contributed by atoms with E-state index in [0.29, 0.717) is 30.6 Å². The zero-order valence-corrected chi connectivity index (χ0v) is 13.2. The van der Waals surface area contributed by atoms with Gasteiger partial charge in [0.15, 0.2) is 0 Å². The van der Waals surface area contributed by atoms with Crippen molar-refractivity contribution >= 4 is 27.6 Å². The van der Waals surface area contributed by atoms with Gasteiger partial charge in [-0.05, 0) is 43.5 Å². The second kappa shape index (κ2) is 5.96. The van der Waals surface area contributed by atoms with Crippen molar-refractivity contribution in [2.45, 2.75) is 25.8 Å². The highest BCUT2D eigenvalue weighted by molar-refractivity contribution is 7.92. The van der Waals surface area contributed by atoms with Gasteiger partial charge in [-0.15, -0.1) is 0 Å². The summed E-state index contributed by atoms with van der Waals surface area (Å²) in [6.45, 7) is 1.80. The van der Waals surface area contributed by atoms with Crippen LogP contribution in [0, 0.1) is 0 Å². The maximum absolute atomic E-state index is 12.0. The molecule has 2 rings (SSSR count). The van der Waals surface area contributed by atoms with Gasteiger partial charge in [0.1, 0.15) is 6.04 Å². The molecule has 2 N–H and O–H groups in total. The smallest absolute Gasteiger partial charge is 0.325 e.